The first-order valence-electron chi connectivity index (χ1n) is 12.8. The summed E-state index contributed by atoms with van der Waals surface area (Å²) in [5.74, 6) is -1.31. The van der Waals surface area contributed by atoms with E-state index in [1.807, 2.05) is 30.3 Å². The molecular formula is C28H29FN4O6. The number of carbonyl (C=O) groups excluding carboxylic acids is 2. The van der Waals surface area contributed by atoms with E-state index >= 15 is 0 Å². The van der Waals surface area contributed by atoms with Gasteiger partial charge in [-0.1, -0.05) is 36.4 Å². The van der Waals surface area contributed by atoms with Crippen LogP contribution in [0.3, 0.4) is 0 Å². The fourth-order valence-corrected chi connectivity index (χ4v) is 4.91. The molecule has 1 saturated heterocycles. The monoisotopic (exact) mass is 536 g/mol. The van der Waals surface area contributed by atoms with Crippen LogP contribution in [0.15, 0.2) is 53.3 Å². The lowest BCUT2D eigenvalue weighted by Crippen LogP contribution is -2.38. The van der Waals surface area contributed by atoms with Crippen molar-refractivity contribution in [1.29, 1.82) is 0 Å². The maximum Gasteiger partial charge on any atom is 0.296 e. The van der Waals surface area contributed by atoms with Gasteiger partial charge >= 0.3 is 0 Å². The topological polar surface area (TPSA) is 123 Å². The van der Waals surface area contributed by atoms with Crippen LogP contribution in [0.4, 0.5) is 10.1 Å². The summed E-state index contributed by atoms with van der Waals surface area (Å²) in [7, 11) is 0. The van der Waals surface area contributed by atoms with Gasteiger partial charge in [-0.15, -0.1) is 0 Å². The van der Waals surface area contributed by atoms with E-state index in [0.717, 1.165) is 5.56 Å². The molecule has 5 rings (SSSR count). The molecule has 10 nitrogen and oxygen atoms in total. The summed E-state index contributed by atoms with van der Waals surface area (Å²) in [6, 6.07) is 12.7. The molecule has 0 spiro atoms. The van der Waals surface area contributed by atoms with Crippen molar-refractivity contribution in [2.45, 2.75) is 51.6 Å². The zero-order valence-corrected chi connectivity index (χ0v) is 21.4. The largest absolute Gasteiger partial charge is 0.481 e. The summed E-state index contributed by atoms with van der Waals surface area (Å²) in [5.41, 5.74) is 0.891. The Morgan fingerprint density at radius 2 is 2.03 bits per heavy atom. The van der Waals surface area contributed by atoms with Crippen molar-refractivity contribution in [2.75, 3.05) is 18.1 Å². The third kappa shape index (κ3) is 5.41. The molecule has 2 aliphatic rings. The van der Waals surface area contributed by atoms with Crippen LogP contribution in [0, 0.1) is 5.82 Å². The van der Waals surface area contributed by atoms with Crippen LogP contribution in [0.25, 0.3) is 0 Å². The maximum atomic E-state index is 14.2. The van der Waals surface area contributed by atoms with Gasteiger partial charge in [0.1, 0.15) is 24.4 Å². The molecule has 204 valence electrons. The molecule has 11 heteroatoms. The van der Waals surface area contributed by atoms with Crippen LogP contribution in [0.1, 0.15) is 53.3 Å². The minimum atomic E-state index is -0.668. The number of halogens is 1. The van der Waals surface area contributed by atoms with Gasteiger partial charge in [0.15, 0.2) is 5.69 Å². The van der Waals surface area contributed by atoms with E-state index in [0.29, 0.717) is 24.4 Å². The average Bonchev–Trinajstić information content (AvgIpc) is 3.32. The number of aliphatic hydroxyl groups is 1. The number of benzene rings is 2. The fourth-order valence-electron chi connectivity index (χ4n) is 4.91. The number of fused-ring (bicyclic) bond motifs is 1. The number of nitrogens with one attached hydrogen (secondary N) is 1. The Kier molecular flexibility index (Phi) is 7.71. The smallest absolute Gasteiger partial charge is 0.296 e. The first-order valence-corrected chi connectivity index (χ1v) is 12.8. The van der Waals surface area contributed by atoms with E-state index in [2.05, 4.69) is 10.3 Å². The number of hydrogen-bond acceptors (Lipinski definition) is 7. The predicted octanol–water partition coefficient (Wildman–Crippen LogP) is 2.47. The van der Waals surface area contributed by atoms with E-state index in [1.165, 1.54) is 27.7 Å². The van der Waals surface area contributed by atoms with Crippen LogP contribution in [0.5, 0.6) is 5.75 Å². The van der Waals surface area contributed by atoms with Crippen molar-refractivity contribution >= 4 is 17.5 Å². The molecule has 3 heterocycles. The van der Waals surface area contributed by atoms with Crippen molar-refractivity contribution in [3.63, 3.8) is 0 Å². The van der Waals surface area contributed by atoms with Gasteiger partial charge in [0.25, 0.3) is 11.5 Å². The highest BCUT2D eigenvalue weighted by Crippen LogP contribution is 2.31. The van der Waals surface area contributed by atoms with E-state index in [4.69, 9.17) is 9.47 Å². The first-order chi connectivity index (χ1) is 18.9. The van der Waals surface area contributed by atoms with E-state index < -0.39 is 29.4 Å². The molecule has 2 atom stereocenters. The molecule has 3 aromatic rings. The minimum Gasteiger partial charge on any atom is -0.481 e. The Hall–Kier alpha value is -4.09. The molecule has 0 radical (unpaired) electrons. The SMILES string of the molecule is CC1OCCn2c1nc(C(=O)NCc1ccc(F)cc1N1C(=O)CC[C@@H]1CO)c(OCc1ccccc1)c2=O. The molecule has 1 fully saturated rings. The van der Waals surface area contributed by atoms with Crippen LogP contribution in [0.2, 0.25) is 0 Å². The van der Waals surface area contributed by atoms with Crippen molar-refractivity contribution < 1.29 is 28.6 Å². The normalized spacial score (nSPS) is 18.6. The Labute approximate surface area is 224 Å². The molecule has 1 unspecified atom stereocenters. The standard InChI is InChI=1S/C28H29FN4O6/c1-17-26-31-24(25(28(37)32(26)11-12-38-17)39-16-18-5-3-2-4-6-18)27(36)30-14-19-7-8-20(29)13-22(19)33-21(15-34)9-10-23(33)35/h2-8,13,17,21,34H,9-12,14-16H2,1H3,(H,30,36)/t17?,21-/m1/s1. The molecule has 2 N–H and O–H groups in total. The lowest BCUT2D eigenvalue weighted by Gasteiger charge is -2.26. The number of carbonyl (C=O) groups is 2. The molecule has 1 aromatic heterocycles. The number of aromatic nitrogens is 2. The summed E-state index contributed by atoms with van der Waals surface area (Å²) < 4.78 is 27.1. The first kappa shape index (κ1) is 26.5. The Morgan fingerprint density at radius 1 is 1.23 bits per heavy atom. The molecule has 0 aliphatic carbocycles. The summed E-state index contributed by atoms with van der Waals surface area (Å²) in [4.78, 5) is 45.2. The van der Waals surface area contributed by atoms with Crippen LogP contribution in [-0.4, -0.2) is 45.7 Å². The highest BCUT2D eigenvalue weighted by atomic mass is 19.1. The highest BCUT2D eigenvalue weighted by Gasteiger charge is 2.33. The molecular weight excluding hydrogens is 507 g/mol. The van der Waals surface area contributed by atoms with Gasteiger partial charge in [0.05, 0.1) is 31.5 Å². The third-order valence-corrected chi connectivity index (χ3v) is 6.93. The second-order valence-electron chi connectivity index (χ2n) is 9.49. The van der Waals surface area contributed by atoms with E-state index in [-0.39, 0.29) is 55.8 Å². The van der Waals surface area contributed by atoms with Crippen molar-refractivity contribution in [3.05, 3.63) is 87.3 Å². The zero-order chi connectivity index (χ0) is 27.5. The van der Waals surface area contributed by atoms with Gasteiger partial charge in [-0.05, 0) is 36.6 Å². The molecule has 39 heavy (non-hydrogen) atoms. The molecule has 2 aliphatic heterocycles. The Morgan fingerprint density at radius 3 is 2.79 bits per heavy atom. The van der Waals surface area contributed by atoms with Gasteiger partial charge in [-0.3, -0.25) is 19.0 Å². The molecule has 0 saturated carbocycles. The van der Waals surface area contributed by atoms with E-state index in [9.17, 15) is 23.9 Å². The molecule has 2 aromatic carbocycles. The van der Waals surface area contributed by atoms with Gasteiger partial charge < -0.3 is 24.8 Å². The second kappa shape index (κ2) is 11.3. The lowest BCUT2D eigenvalue weighted by molar-refractivity contribution is -0.117. The third-order valence-electron chi connectivity index (χ3n) is 6.93. The quantitative estimate of drug-likeness (QED) is 0.454. The van der Waals surface area contributed by atoms with Crippen LogP contribution >= 0.6 is 0 Å². The number of amides is 2. The predicted molar refractivity (Wildman–Crippen MR) is 139 cm³/mol. The number of anilines is 1. The summed E-state index contributed by atoms with van der Waals surface area (Å²) >= 11 is 0. The zero-order valence-electron chi connectivity index (χ0n) is 21.4. The van der Waals surface area contributed by atoms with E-state index in [1.54, 1.807) is 6.92 Å². The molecule has 0 bridgehead atoms. The van der Waals surface area contributed by atoms with Gasteiger partial charge in [0.2, 0.25) is 11.7 Å². The molecule has 2 amide bonds. The lowest BCUT2D eigenvalue weighted by atomic mass is 10.1. The van der Waals surface area contributed by atoms with Crippen molar-refractivity contribution in [3.8, 4) is 5.75 Å². The van der Waals surface area contributed by atoms with Gasteiger partial charge in [-0.25, -0.2) is 9.37 Å². The number of nitrogens with zero attached hydrogens (tertiary/aromatic N) is 3. The minimum absolute atomic E-state index is 0.0607. The number of hydrogen-bond donors (Lipinski definition) is 2. The second-order valence-corrected chi connectivity index (χ2v) is 9.49. The Balaban J connectivity index is 1.45. The fraction of sp³-hybridized carbons (Fsp3) is 0.357. The summed E-state index contributed by atoms with van der Waals surface area (Å²) in [6.07, 6.45) is 0.184. The van der Waals surface area contributed by atoms with Crippen molar-refractivity contribution in [2.24, 2.45) is 0 Å². The van der Waals surface area contributed by atoms with Crippen LogP contribution < -0.4 is 20.5 Å². The van der Waals surface area contributed by atoms with Gasteiger partial charge in [0, 0.05) is 13.0 Å². The number of rotatable bonds is 8. The Bertz CT molecular complexity index is 1440. The summed E-state index contributed by atoms with van der Waals surface area (Å²) in [5, 5.41) is 12.5. The highest BCUT2D eigenvalue weighted by molar-refractivity contribution is 5.97. The van der Waals surface area contributed by atoms with Crippen LogP contribution in [-0.2, 0) is 29.2 Å². The van der Waals surface area contributed by atoms with Crippen molar-refractivity contribution in [1.82, 2.24) is 14.9 Å². The summed E-state index contributed by atoms with van der Waals surface area (Å²) in [6.45, 7) is 2.07. The number of ether oxygens (including phenoxy) is 2. The average molecular weight is 537 g/mol. The number of aliphatic hydroxyl groups excluding tert-OH is 1. The maximum absolute atomic E-state index is 14.2. The van der Waals surface area contributed by atoms with Gasteiger partial charge in [-0.2, -0.15) is 0 Å².